The summed E-state index contributed by atoms with van der Waals surface area (Å²) < 4.78 is 0. The van der Waals surface area contributed by atoms with Crippen LogP contribution in [0.2, 0.25) is 5.02 Å². The minimum Gasteiger partial charge on any atom is -0.346 e. The van der Waals surface area contributed by atoms with E-state index in [0.717, 1.165) is 11.1 Å². The Morgan fingerprint density at radius 1 is 1.00 bits per heavy atom. The molecular weight excluding hydrogens is 388 g/mol. The number of nitrogens with one attached hydrogen (secondary N) is 4. The molecular formula is C22H30ClN4O2+. The van der Waals surface area contributed by atoms with Crippen LogP contribution in [0, 0.1) is 0 Å². The van der Waals surface area contributed by atoms with Gasteiger partial charge < -0.3 is 20.9 Å². The van der Waals surface area contributed by atoms with Crippen LogP contribution in [0.15, 0.2) is 48.5 Å². The smallest absolute Gasteiger partial charge is 0.315 e. The Morgan fingerprint density at radius 2 is 1.66 bits per heavy atom. The molecule has 0 heterocycles. The van der Waals surface area contributed by atoms with Gasteiger partial charge in [-0.2, -0.15) is 0 Å². The van der Waals surface area contributed by atoms with Crippen molar-refractivity contribution in [1.82, 2.24) is 16.0 Å². The first-order valence-electron chi connectivity index (χ1n) is 9.74. The first kappa shape index (κ1) is 22.7. The standard InChI is InChI=1S/C22H29ClN4O2/c1-15(2)26-22(29)25-13-16-9-11-17(12-10-16)21(28)24-14-20(27(3)4)18-7-5-6-8-19(18)23/h5-12,15,20H,13-14H2,1-4H3,(H,24,28)(H2,25,26,29)/p+1/t20-/m0/s1. The number of carbonyl (C=O) groups excluding carboxylic acids is 2. The van der Waals surface area contributed by atoms with Crippen molar-refractivity contribution in [3.05, 3.63) is 70.2 Å². The quantitative estimate of drug-likeness (QED) is 0.531. The maximum atomic E-state index is 12.6. The zero-order valence-electron chi connectivity index (χ0n) is 17.4. The van der Waals surface area contributed by atoms with E-state index in [0.29, 0.717) is 23.7 Å². The molecule has 2 aromatic rings. The second-order valence-electron chi connectivity index (χ2n) is 7.54. The van der Waals surface area contributed by atoms with Gasteiger partial charge in [0.15, 0.2) is 0 Å². The summed E-state index contributed by atoms with van der Waals surface area (Å²) in [5.74, 6) is -0.139. The maximum Gasteiger partial charge on any atom is 0.315 e. The highest BCUT2D eigenvalue weighted by molar-refractivity contribution is 6.31. The van der Waals surface area contributed by atoms with Gasteiger partial charge in [0, 0.05) is 28.7 Å². The van der Waals surface area contributed by atoms with E-state index < -0.39 is 0 Å². The van der Waals surface area contributed by atoms with Crippen molar-refractivity contribution in [2.45, 2.75) is 32.5 Å². The average molecular weight is 418 g/mol. The SMILES string of the molecule is CC(C)NC(=O)NCc1ccc(C(=O)NC[C@@H](c2ccccc2Cl)[NH+](C)C)cc1. The summed E-state index contributed by atoms with van der Waals surface area (Å²) in [7, 11) is 4.08. The molecule has 156 valence electrons. The summed E-state index contributed by atoms with van der Waals surface area (Å²) in [4.78, 5) is 25.4. The Hall–Kier alpha value is -2.57. The van der Waals surface area contributed by atoms with Gasteiger partial charge in [-0.25, -0.2) is 4.79 Å². The van der Waals surface area contributed by atoms with Crippen LogP contribution in [-0.4, -0.2) is 38.6 Å². The lowest BCUT2D eigenvalue weighted by atomic mass is 10.1. The zero-order valence-corrected chi connectivity index (χ0v) is 18.1. The molecule has 0 spiro atoms. The van der Waals surface area contributed by atoms with E-state index in [1.807, 2.05) is 64.3 Å². The molecule has 3 amide bonds. The predicted molar refractivity (Wildman–Crippen MR) is 116 cm³/mol. The molecule has 0 saturated heterocycles. The van der Waals surface area contributed by atoms with Crippen LogP contribution in [0.4, 0.5) is 4.79 Å². The monoisotopic (exact) mass is 417 g/mol. The minimum atomic E-state index is -0.210. The van der Waals surface area contributed by atoms with Gasteiger partial charge in [-0.1, -0.05) is 41.9 Å². The van der Waals surface area contributed by atoms with E-state index in [1.165, 1.54) is 4.90 Å². The third-order valence-corrected chi connectivity index (χ3v) is 4.88. The molecule has 4 N–H and O–H groups in total. The highest BCUT2D eigenvalue weighted by Gasteiger charge is 2.21. The number of hydrogen-bond donors (Lipinski definition) is 4. The van der Waals surface area contributed by atoms with Crippen molar-refractivity contribution in [2.24, 2.45) is 0 Å². The Balaban J connectivity index is 1.93. The number of carbonyl (C=O) groups is 2. The average Bonchev–Trinajstić information content (AvgIpc) is 2.67. The number of likely N-dealkylation sites (N-methyl/N-ethyl adjacent to an activating group) is 1. The molecule has 2 aromatic carbocycles. The van der Waals surface area contributed by atoms with Gasteiger partial charge in [-0.3, -0.25) is 4.79 Å². The van der Waals surface area contributed by atoms with Gasteiger partial charge in [-0.15, -0.1) is 0 Å². The number of rotatable bonds is 8. The molecule has 0 aliphatic carbocycles. The molecule has 6 nitrogen and oxygen atoms in total. The lowest BCUT2D eigenvalue weighted by molar-refractivity contribution is -0.890. The molecule has 0 bridgehead atoms. The first-order valence-corrected chi connectivity index (χ1v) is 10.1. The lowest BCUT2D eigenvalue weighted by Gasteiger charge is -2.23. The number of halogens is 1. The Kier molecular flexibility index (Phi) is 8.49. The lowest BCUT2D eigenvalue weighted by Crippen LogP contribution is -3.07. The third kappa shape index (κ3) is 7.07. The minimum absolute atomic E-state index is 0.0515. The molecule has 0 aliphatic rings. The van der Waals surface area contributed by atoms with Crippen molar-refractivity contribution in [2.75, 3.05) is 20.6 Å². The fourth-order valence-corrected chi connectivity index (χ4v) is 3.22. The number of benzene rings is 2. The number of amides is 3. The summed E-state index contributed by atoms with van der Waals surface area (Å²) in [6.45, 7) is 4.69. The van der Waals surface area contributed by atoms with Crippen molar-refractivity contribution in [1.29, 1.82) is 0 Å². The number of urea groups is 1. The number of quaternary nitrogens is 1. The highest BCUT2D eigenvalue weighted by Crippen LogP contribution is 2.20. The molecule has 0 radical (unpaired) electrons. The largest absolute Gasteiger partial charge is 0.346 e. The third-order valence-electron chi connectivity index (χ3n) is 4.53. The molecule has 2 rings (SSSR count). The number of hydrogen-bond acceptors (Lipinski definition) is 2. The topological polar surface area (TPSA) is 74.7 Å². The van der Waals surface area contributed by atoms with Crippen LogP contribution in [0.25, 0.3) is 0 Å². The van der Waals surface area contributed by atoms with Crippen molar-refractivity contribution >= 4 is 23.5 Å². The normalized spacial score (nSPS) is 12.0. The van der Waals surface area contributed by atoms with Gasteiger partial charge in [-0.05, 0) is 37.6 Å². The van der Waals surface area contributed by atoms with Crippen molar-refractivity contribution in [3.8, 4) is 0 Å². The predicted octanol–water partition coefficient (Wildman–Crippen LogP) is 2.16. The van der Waals surface area contributed by atoms with Gasteiger partial charge in [0.25, 0.3) is 5.91 Å². The van der Waals surface area contributed by atoms with Crippen LogP contribution in [0.1, 0.15) is 41.4 Å². The molecule has 29 heavy (non-hydrogen) atoms. The second-order valence-corrected chi connectivity index (χ2v) is 7.95. The summed E-state index contributed by atoms with van der Waals surface area (Å²) in [5.41, 5.74) is 2.51. The summed E-state index contributed by atoms with van der Waals surface area (Å²) in [5, 5.41) is 9.26. The van der Waals surface area contributed by atoms with E-state index >= 15 is 0 Å². The van der Waals surface area contributed by atoms with Gasteiger partial charge >= 0.3 is 6.03 Å². The Morgan fingerprint density at radius 3 is 2.24 bits per heavy atom. The van der Waals surface area contributed by atoms with Crippen LogP contribution >= 0.6 is 11.6 Å². The van der Waals surface area contributed by atoms with E-state index in [9.17, 15) is 9.59 Å². The molecule has 0 saturated carbocycles. The fraction of sp³-hybridized carbons (Fsp3) is 0.364. The van der Waals surface area contributed by atoms with Crippen LogP contribution in [-0.2, 0) is 6.54 Å². The molecule has 0 aromatic heterocycles. The van der Waals surface area contributed by atoms with Gasteiger partial charge in [0.05, 0.1) is 20.6 Å². The van der Waals surface area contributed by atoms with Gasteiger partial charge in [0.2, 0.25) is 0 Å². The highest BCUT2D eigenvalue weighted by atomic mass is 35.5. The zero-order chi connectivity index (χ0) is 21.4. The molecule has 7 heteroatoms. The maximum absolute atomic E-state index is 12.6. The summed E-state index contributed by atoms with van der Waals surface area (Å²) >= 11 is 6.33. The Bertz CT molecular complexity index is 822. The van der Waals surface area contributed by atoms with Gasteiger partial charge in [0.1, 0.15) is 6.04 Å². The Labute approximate surface area is 177 Å². The molecule has 1 atom stereocenters. The van der Waals surface area contributed by atoms with E-state index in [-0.39, 0.29) is 24.0 Å². The van der Waals surface area contributed by atoms with Crippen molar-refractivity contribution < 1.29 is 14.5 Å². The summed E-state index contributed by atoms with van der Waals surface area (Å²) in [6, 6.07) is 14.8. The van der Waals surface area contributed by atoms with E-state index in [4.69, 9.17) is 11.6 Å². The molecule has 0 fully saturated rings. The van der Waals surface area contributed by atoms with Crippen LogP contribution < -0.4 is 20.9 Å². The fourth-order valence-electron chi connectivity index (χ4n) is 2.95. The van der Waals surface area contributed by atoms with Crippen LogP contribution in [0.5, 0.6) is 0 Å². The first-order chi connectivity index (χ1) is 13.8. The second kappa shape index (κ2) is 10.8. The van der Waals surface area contributed by atoms with Crippen LogP contribution in [0.3, 0.4) is 0 Å². The van der Waals surface area contributed by atoms with E-state index in [2.05, 4.69) is 16.0 Å². The van der Waals surface area contributed by atoms with Crippen molar-refractivity contribution in [3.63, 3.8) is 0 Å². The molecule has 0 aliphatic heterocycles. The summed E-state index contributed by atoms with van der Waals surface area (Å²) in [6.07, 6.45) is 0. The molecule has 0 unspecified atom stereocenters. The van der Waals surface area contributed by atoms with E-state index in [1.54, 1.807) is 12.1 Å².